The maximum Gasteiger partial charge on any atom is 0.0920 e. The Labute approximate surface area is 88.7 Å². The summed E-state index contributed by atoms with van der Waals surface area (Å²) in [4.78, 5) is 0. The summed E-state index contributed by atoms with van der Waals surface area (Å²) >= 11 is 5.73. The van der Waals surface area contributed by atoms with Crippen LogP contribution in [0.2, 0.25) is 0 Å². The summed E-state index contributed by atoms with van der Waals surface area (Å²) in [6.07, 6.45) is 6.86. The summed E-state index contributed by atoms with van der Waals surface area (Å²) < 4.78 is 1.08. The molecule has 0 atom stereocenters. The van der Waals surface area contributed by atoms with E-state index in [1.54, 1.807) is 0 Å². The normalized spacial score (nSPS) is 12.0. The third-order valence-electron chi connectivity index (χ3n) is 2.56. The fraction of sp³-hybridized carbons (Fsp3) is 1.00. The van der Waals surface area contributed by atoms with Crippen molar-refractivity contribution in [3.05, 3.63) is 0 Å². The number of unbranched alkanes of at least 4 members (excludes halogenated alkanes) is 4. The first-order chi connectivity index (χ1) is 6.12. The third kappa shape index (κ3) is 8.58. The van der Waals surface area contributed by atoms with Crippen molar-refractivity contribution >= 4 is 11.6 Å². The second kappa shape index (κ2) is 7.64. The van der Waals surface area contributed by atoms with E-state index in [9.17, 15) is 0 Å². The third-order valence-corrected chi connectivity index (χ3v) is 2.73. The van der Waals surface area contributed by atoms with Crippen LogP contribution < -0.4 is 0 Å². The average Bonchev–Trinajstić information content (AvgIpc) is 2.04. The zero-order valence-electron chi connectivity index (χ0n) is 9.48. The molecule has 80 valence electrons. The van der Waals surface area contributed by atoms with Gasteiger partial charge >= 0.3 is 0 Å². The van der Waals surface area contributed by atoms with Crippen molar-refractivity contribution < 1.29 is 4.48 Å². The zero-order chi connectivity index (χ0) is 10.2. The number of hydrogen-bond acceptors (Lipinski definition) is 0. The molecular weight excluding hydrogens is 182 g/mol. The van der Waals surface area contributed by atoms with E-state index in [1.165, 1.54) is 38.6 Å². The highest BCUT2D eigenvalue weighted by atomic mass is 35.5. The molecule has 0 bridgehead atoms. The molecule has 0 aromatic heterocycles. The van der Waals surface area contributed by atoms with Crippen LogP contribution in [0.5, 0.6) is 0 Å². The van der Waals surface area contributed by atoms with E-state index in [0.29, 0.717) is 0 Å². The highest BCUT2D eigenvalue weighted by molar-refractivity contribution is 6.17. The van der Waals surface area contributed by atoms with E-state index in [-0.39, 0.29) is 0 Å². The van der Waals surface area contributed by atoms with Gasteiger partial charge in [-0.3, -0.25) is 0 Å². The van der Waals surface area contributed by atoms with Crippen molar-refractivity contribution in [2.24, 2.45) is 0 Å². The summed E-state index contributed by atoms with van der Waals surface area (Å²) in [7, 11) is 4.53. The van der Waals surface area contributed by atoms with Crippen molar-refractivity contribution in [3.63, 3.8) is 0 Å². The monoisotopic (exact) mass is 206 g/mol. The van der Waals surface area contributed by atoms with Crippen molar-refractivity contribution in [1.82, 2.24) is 0 Å². The van der Waals surface area contributed by atoms with Gasteiger partial charge in [0.15, 0.2) is 0 Å². The zero-order valence-corrected chi connectivity index (χ0v) is 10.2. The van der Waals surface area contributed by atoms with Crippen molar-refractivity contribution in [1.29, 1.82) is 0 Å². The molecule has 0 rings (SSSR count). The maximum absolute atomic E-state index is 5.73. The number of quaternary nitrogens is 1. The van der Waals surface area contributed by atoms with Gasteiger partial charge in [-0.1, -0.05) is 26.2 Å². The molecule has 0 saturated carbocycles. The summed E-state index contributed by atoms with van der Waals surface area (Å²) in [5.41, 5.74) is 0. The van der Waals surface area contributed by atoms with Gasteiger partial charge in [0.2, 0.25) is 0 Å². The Morgan fingerprint density at radius 3 is 2.08 bits per heavy atom. The van der Waals surface area contributed by atoms with Crippen LogP contribution >= 0.6 is 11.6 Å². The summed E-state index contributed by atoms with van der Waals surface area (Å²) in [6.45, 7) is 4.62. The number of nitrogens with zero attached hydrogens (tertiary/aromatic N) is 1. The molecule has 0 fully saturated rings. The first-order valence-corrected chi connectivity index (χ1v) is 6.04. The molecule has 0 aromatic rings. The minimum atomic E-state index is 0.780. The lowest BCUT2D eigenvalue weighted by Gasteiger charge is -2.28. The van der Waals surface area contributed by atoms with E-state index in [4.69, 9.17) is 11.6 Å². The van der Waals surface area contributed by atoms with E-state index in [1.807, 2.05) is 0 Å². The molecule has 0 saturated heterocycles. The Morgan fingerprint density at radius 2 is 1.54 bits per heavy atom. The minimum Gasteiger partial charge on any atom is -0.327 e. The van der Waals surface area contributed by atoms with E-state index >= 15 is 0 Å². The molecule has 1 nitrogen and oxygen atoms in total. The molecule has 0 unspecified atom stereocenters. The molecule has 13 heavy (non-hydrogen) atoms. The van der Waals surface area contributed by atoms with Crippen molar-refractivity contribution in [3.8, 4) is 0 Å². The van der Waals surface area contributed by atoms with E-state index < -0.39 is 0 Å². The van der Waals surface area contributed by atoms with Gasteiger partial charge in [0.25, 0.3) is 0 Å². The molecule has 2 heteroatoms. The first-order valence-electron chi connectivity index (χ1n) is 5.50. The largest absolute Gasteiger partial charge is 0.327 e. The second-order valence-electron chi connectivity index (χ2n) is 4.49. The molecule has 0 aromatic carbocycles. The molecule has 0 radical (unpaired) electrons. The predicted octanol–water partition coefficient (Wildman–Crippen LogP) is 3.27. The SMILES string of the molecule is CCCCCCC[N+](C)(C)CCCl. The highest BCUT2D eigenvalue weighted by Crippen LogP contribution is 2.06. The van der Waals surface area contributed by atoms with E-state index in [0.717, 1.165) is 16.9 Å². The molecule has 0 aliphatic carbocycles. The standard InChI is InChI=1S/C11H25ClN/c1-4-5-6-7-8-10-13(2,3)11-9-12/h4-11H2,1-3H3/q+1. The van der Waals surface area contributed by atoms with Crippen LogP contribution in [-0.4, -0.2) is 37.5 Å². The number of alkyl halides is 1. The van der Waals surface area contributed by atoms with Gasteiger partial charge in [-0.05, 0) is 12.8 Å². The lowest BCUT2D eigenvalue weighted by Crippen LogP contribution is -2.41. The van der Waals surface area contributed by atoms with Gasteiger partial charge < -0.3 is 4.48 Å². The molecule has 0 heterocycles. The Hall–Kier alpha value is 0.250. The van der Waals surface area contributed by atoms with Gasteiger partial charge in [-0.2, -0.15) is 0 Å². The van der Waals surface area contributed by atoms with Gasteiger partial charge in [0, 0.05) is 0 Å². The first kappa shape index (κ1) is 13.2. The molecule has 0 N–H and O–H groups in total. The molecule has 0 spiro atoms. The van der Waals surface area contributed by atoms with Crippen LogP contribution in [0, 0.1) is 0 Å². The highest BCUT2D eigenvalue weighted by Gasteiger charge is 2.12. The van der Waals surface area contributed by atoms with Crippen LogP contribution in [0.15, 0.2) is 0 Å². The smallest absolute Gasteiger partial charge is 0.0920 e. The van der Waals surface area contributed by atoms with Crippen molar-refractivity contribution in [2.45, 2.75) is 39.0 Å². The van der Waals surface area contributed by atoms with Crippen LogP contribution in [-0.2, 0) is 0 Å². The Morgan fingerprint density at radius 1 is 0.923 bits per heavy atom. The van der Waals surface area contributed by atoms with Gasteiger partial charge in [-0.15, -0.1) is 11.6 Å². The van der Waals surface area contributed by atoms with Gasteiger partial charge in [-0.25, -0.2) is 0 Å². The van der Waals surface area contributed by atoms with E-state index in [2.05, 4.69) is 21.0 Å². The number of halogens is 1. The lowest BCUT2D eigenvalue weighted by molar-refractivity contribution is -0.888. The minimum absolute atomic E-state index is 0.780. The maximum atomic E-state index is 5.73. The summed E-state index contributed by atoms with van der Waals surface area (Å²) in [5, 5.41) is 0. The fourth-order valence-corrected chi connectivity index (χ4v) is 1.94. The Balaban J connectivity index is 3.29. The fourth-order valence-electron chi connectivity index (χ4n) is 1.48. The van der Waals surface area contributed by atoms with Gasteiger partial charge in [0.05, 0.1) is 33.1 Å². The average molecular weight is 207 g/mol. The molecular formula is C11H25ClN+. The van der Waals surface area contributed by atoms with Crippen molar-refractivity contribution in [2.75, 3.05) is 33.1 Å². The number of hydrogen-bond donors (Lipinski definition) is 0. The molecule has 0 aliphatic heterocycles. The Bertz CT molecular complexity index is 113. The predicted molar refractivity (Wildman–Crippen MR) is 61.3 cm³/mol. The van der Waals surface area contributed by atoms with Crippen LogP contribution in [0.1, 0.15) is 39.0 Å². The lowest BCUT2D eigenvalue weighted by atomic mass is 10.1. The summed E-state index contributed by atoms with van der Waals surface area (Å²) in [6, 6.07) is 0. The molecule has 0 amide bonds. The quantitative estimate of drug-likeness (QED) is 0.325. The second-order valence-corrected chi connectivity index (χ2v) is 4.86. The Kier molecular flexibility index (Phi) is 7.78. The number of rotatable bonds is 8. The topological polar surface area (TPSA) is 0 Å². The van der Waals surface area contributed by atoms with Crippen LogP contribution in [0.3, 0.4) is 0 Å². The molecule has 0 aliphatic rings. The summed E-state index contributed by atoms with van der Waals surface area (Å²) in [5.74, 6) is 0.780. The van der Waals surface area contributed by atoms with Crippen LogP contribution in [0.25, 0.3) is 0 Å². The van der Waals surface area contributed by atoms with Crippen LogP contribution in [0.4, 0.5) is 0 Å². The van der Waals surface area contributed by atoms with Gasteiger partial charge in [0.1, 0.15) is 0 Å².